The van der Waals surface area contributed by atoms with Gasteiger partial charge < -0.3 is 0 Å². The molecule has 23 heavy (non-hydrogen) atoms. The van der Waals surface area contributed by atoms with E-state index in [-0.39, 0.29) is 0 Å². The Kier molecular flexibility index (Phi) is 11.0. The molecule has 5 atom stereocenters. The van der Waals surface area contributed by atoms with Gasteiger partial charge in [0, 0.05) is 0 Å². The highest BCUT2D eigenvalue weighted by molar-refractivity contribution is 4.97. The molecule has 5 unspecified atom stereocenters. The van der Waals surface area contributed by atoms with Crippen LogP contribution < -0.4 is 0 Å². The number of hydrogen-bond acceptors (Lipinski definition) is 0. The molecule has 1 aliphatic rings. The van der Waals surface area contributed by atoms with Gasteiger partial charge in [-0.1, -0.05) is 97.6 Å². The lowest BCUT2D eigenvalue weighted by Gasteiger charge is -2.43. The summed E-state index contributed by atoms with van der Waals surface area (Å²) >= 11 is 0. The Morgan fingerprint density at radius 1 is 0.957 bits per heavy atom. The summed E-state index contributed by atoms with van der Waals surface area (Å²) in [7, 11) is 0. The highest BCUT2D eigenvalue weighted by Gasteiger charge is 2.36. The van der Waals surface area contributed by atoms with E-state index in [1.54, 1.807) is 0 Å². The highest BCUT2D eigenvalue weighted by Crippen LogP contribution is 2.46. The average Bonchev–Trinajstić information content (AvgIpc) is 2.55. The third-order valence-corrected chi connectivity index (χ3v) is 6.50. The SMILES string of the molecule is C/C=C/C1CC(CCCCC)C(C)CC1C(CC)CCCCC. The van der Waals surface area contributed by atoms with Gasteiger partial charge in [-0.2, -0.15) is 0 Å². The maximum atomic E-state index is 2.56. The van der Waals surface area contributed by atoms with Crippen LogP contribution in [0.25, 0.3) is 0 Å². The molecule has 0 radical (unpaired) electrons. The molecule has 0 amide bonds. The Morgan fingerprint density at radius 2 is 1.65 bits per heavy atom. The second-order valence-electron chi connectivity index (χ2n) is 8.22. The number of unbranched alkanes of at least 4 members (excludes halogenated alkanes) is 4. The summed E-state index contributed by atoms with van der Waals surface area (Å²) in [6, 6.07) is 0. The Hall–Kier alpha value is -0.260. The van der Waals surface area contributed by atoms with Gasteiger partial charge >= 0.3 is 0 Å². The Balaban J connectivity index is 2.66. The first kappa shape index (κ1) is 20.8. The molecule has 0 aromatic heterocycles. The summed E-state index contributed by atoms with van der Waals surface area (Å²) in [6.45, 7) is 11.9. The van der Waals surface area contributed by atoms with Crippen molar-refractivity contribution in [2.75, 3.05) is 0 Å². The van der Waals surface area contributed by atoms with Gasteiger partial charge in [-0.3, -0.25) is 0 Å². The minimum atomic E-state index is 0.856. The second-order valence-corrected chi connectivity index (χ2v) is 8.22. The smallest absolute Gasteiger partial charge is 0.0200 e. The van der Waals surface area contributed by atoms with Crippen molar-refractivity contribution in [3.05, 3.63) is 12.2 Å². The number of hydrogen-bond donors (Lipinski definition) is 0. The van der Waals surface area contributed by atoms with Gasteiger partial charge in [-0.15, -0.1) is 0 Å². The van der Waals surface area contributed by atoms with Gasteiger partial charge in [0.15, 0.2) is 0 Å². The van der Waals surface area contributed by atoms with Crippen molar-refractivity contribution in [2.24, 2.45) is 29.6 Å². The van der Waals surface area contributed by atoms with E-state index in [2.05, 4.69) is 46.8 Å². The van der Waals surface area contributed by atoms with Crippen LogP contribution >= 0.6 is 0 Å². The van der Waals surface area contributed by atoms with E-state index in [0.717, 1.165) is 29.6 Å². The van der Waals surface area contributed by atoms with Crippen molar-refractivity contribution in [3.63, 3.8) is 0 Å². The molecule has 0 heteroatoms. The average molecular weight is 321 g/mol. The lowest BCUT2D eigenvalue weighted by atomic mass is 9.62. The first-order valence-electron chi connectivity index (χ1n) is 10.8. The molecule has 1 fully saturated rings. The topological polar surface area (TPSA) is 0 Å². The predicted octanol–water partition coefficient (Wildman–Crippen LogP) is 8.03. The molecule has 136 valence electrons. The molecule has 0 spiro atoms. The lowest BCUT2D eigenvalue weighted by Crippen LogP contribution is -2.34. The van der Waals surface area contributed by atoms with E-state index >= 15 is 0 Å². The molecule has 0 aliphatic heterocycles. The molecular formula is C23H44. The largest absolute Gasteiger partial charge is 0.0914 e. The van der Waals surface area contributed by atoms with Gasteiger partial charge in [-0.25, -0.2) is 0 Å². The highest BCUT2D eigenvalue weighted by atomic mass is 14.4. The minimum Gasteiger partial charge on any atom is -0.0914 e. The number of rotatable bonds is 11. The third kappa shape index (κ3) is 7.02. The van der Waals surface area contributed by atoms with Crippen molar-refractivity contribution in [3.8, 4) is 0 Å². The zero-order valence-electron chi connectivity index (χ0n) is 16.8. The Labute approximate surface area is 147 Å². The fraction of sp³-hybridized carbons (Fsp3) is 0.913. The molecule has 0 aromatic carbocycles. The zero-order chi connectivity index (χ0) is 17.1. The fourth-order valence-electron chi connectivity index (χ4n) is 5.00. The van der Waals surface area contributed by atoms with Crippen molar-refractivity contribution < 1.29 is 0 Å². The first-order valence-corrected chi connectivity index (χ1v) is 10.8. The molecule has 0 nitrogen and oxygen atoms in total. The molecule has 0 saturated heterocycles. The van der Waals surface area contributed by atoms with Crippen molar-refractivity contribution in [1.29, 1.82) is 0 Å². The van der Waals surface area contributed by atoms with Crippen LogP contribution in [0, 0.1) is 29.6 Å². The summed E-state index contributed by atoms with van der Waals surface area (Å²) < 4.78 is 0. The van der Waals surface area contributed by atoms with E-state index in [0.29, 0.717) is 0 Å². The van der Waals surface area contributed by atoms with Gasteiger partial charge in [-0.05, 0) is 49.4 Å². The second kappa shape index (κ2) is 12.2. The normalized spacial score (nSPS) is 30.0. The molecule has 0 aromatic rings. The van der Waals surface area contributed by atoms with E-state index in [4.69, 9.17) is 0 Å². The van der Waals surface area contributed by atoms with E-state index in [1.807, 2.05) is 0 Å². The van der Waals surface area contributed by atoms with E-state index in [1.165, 1.54) is 70.6 Å². The van der Waals surface area contributed by atoms with Gasteiger partial charge in [0.1, 0.15) is 0 Å². The van der Waals surface area contributed by atoms with Crippen LogP contribution in [0.4, 0.5) is 0 Å². The van der Waals surface area contributed by atoms with Crippen molar-refractivity contribution in [1.82, 2.24) is 0 Å². The van der Waals surface area contributed by atoms with Gasteiger partial charge in [0.2, 0.25) is 0 Å². The molecular weight excluding hydrogens is 276 g/mol. The first-order chi connectivity index (χ1) is 11.2. The zero-order valence-corrected chi connectivity index (χ0v) is 16.8. The number of allylic oxidation sites excluding steroid dienone is 2. The van der Waals surface area contributed by atoms with E-state index in [9.17, 15) is 0 Å². The van der Waals surface area contributed by atoms with Crippen LogP contribution in [0.5, 0.6) is 0 Å². The molecule has 0 heterocycles. The Bertz CT molecular complexity index is 303. The minimum absolute atomic E-state index is 0.856. The quantitative estimate of drug-likeness (QED) is 0.267. The van der Waals surface area contributed by atoms with Crippen LogP contribution in [-0.4, -0.2) is 0 Å². The molecule has 0 N–H and O–H groups in total. The van der Waals surface area contributed by atoms with Crippen LogP contribution in [-0.2, 0) is 0 Å². The van der Waals surface area contributed by atoms with Crippen LogP contribution in [0.2, 0.25) is 0 Å². The lowest BCUT2D eigenvalue weighted by molar-refractivity contribution is 0.0900. The summed E-state index contributed by atoms with van der Waals surface area (Å²) in [5, 5.41) is 0. The summed E-state index contributed by atoms with van der Waals surface area (Å²) in [6.07, 6.45) is 20.6. The van der Waals surface area contributed by atoms with Crippen molar-refractivity contribution in [2.45, 2.75) is 105 Å². The van der Waals surface area contributed by atoms with Gasteiger partial charge in [0.05, 0.1) is 0 Å². The van der Waals surface area contributed by atoms with E-state index < -0.39 is 0 Å². The molecule has 1 saturated carbocycles. The maximum Gasteiger partial charge on any atom is -0.0200 e. The molecule has 1 rings (SSSR count). The van der Waals surface area contributed by atoms with Crippen molar-refractivity contribution >= 4 is 0 Å². The summed E-state index contributed by atoms with van der Waals surface area (Å²) in [5.41, 5.74) is 0. The Morgan fingerprint density at radius 3 is 2.26 bits per heavy atom. The van der Waals surface area contributed by atoms with Crippen LogP contribution in [0.1, 0.15) is 105 Å². The van der Waals surface area contributed by atoms with Crippen LogP contribution in [0.15, 0.2) is 12.2 Å². The molecule has 0 bridgehead atoms. The monoisotopic (exact) mass is 320 g/mol. The fourth-order valence-corrected chi connectivity index (χ4v) is 5.00. The predicted molar refractivity (Wildman–Crippen MR) is 106 cm³/mol. The van der Waals surface area contributed by atoms with Crippen LogP contribution in [0.3, 0.4) is 0 Å². The maximum absolute atomic E-state index is 2.56. The summed E-state index contributed by atoms with van der Waals surface area (Å²) in [5.74, 6) is 4.69. The third-order valence-electron chi connectivity index (χ3n) is 6.50. The van der Waals surface area contributed by atoms with Gasteiger partial charge in [0.25, 0.3) is 0 Å². The molecule has 1 aliphatic carbocycles. The summed E-state index contributed by atoms with van der Waals surface area (Å²) in [4.78, 5) is 0. The standard InChI is InChI=1S/C23H44/c1-6-10-12-15-20(9-4)23-17-19(5)21(16-13-11-7-2)18-22(23)14-8-3/h8,14,19-23H,6-7,9-13,15-18H2,1-5H3/b14-8+.